The lowest BCUT2D eigenvalue weighted by molar-refractivity contribution is 0.278. The van der Waals surface area contributed by atoms with E-state index in [0.29, 0.717) is 18.0 Å². The van der Waals surface area contributed by atoms with Gasteiger partial charge in [0.15, 0.2) is 0 Å². The molecule has 100 valence electrons. The van der Waals surface area contributed by atoms with E-state index in [0.717, 1.165) is 6.42 Å². The van der Waals surface area contributed by atoms with Gasteiger partial charge in [0.05, 0.1) is 11.5 Å². The van der Waals surface area contributed by atoms with E-state index in [-0.39, 0.29) is 17.5 Å². The standard InChI is InChI=1S/C13H19NO3S/c1-10-7-11(2)14(8-10)18(16,17)13-6-4-3-5-12(13)9-15/h3-6,10-11,15H,7-9H2,1-2H3. The molecule has 0 spiro atoms. The predicted molar refractivity (Wildman–Crippen MR) is 69.5 cm³/mol. The van der Waals surface area contributed by atoms with Crippen LogP contribution in [0.5, 0.6) is 0 Å². The largest absolute Gasteiger partial charge is 0.392 e. The van der Waals surface area contributed by atoms with Crippen LogP contribution in [0.1, 0.15) is 25.8 Å². The summed E-state index contributed by atoms with van der Waals surface area (Å²) in [6, 6.07) is 6.67. The van der Waals surface area contributed by atoms with Crippen molar-refractivity contribution in [3.05, 3.63) is 29.8 Å². The molecule has 1 aromatic carbocycles. The highest BCUT2D eigenvalue weighted by Gasteiger charge is 2.36. The van der Waals surface area contributed by atoms with Crippen LogP contribution < -0.4 is 0 Å². The zero-order chi connectivity index (χ0) is 13.3. The van der Waals surface area contributed by atoms with E-state index in [1.165, 1.54) is 0 Å². The summed E-state index contributed by atoms with van der Waals surface area (Å²) in [4.78, 5) is 0.230. The molecule has 5 heteroatoms. The Hall–Kier alpha value is -0.910. The van der Waals surface area contributed by atoms with Gasteiger partial charge in [-0.05, 0) is 30.9 Å². The number of nitrogens with zero attached hydrogens (tertiary/aromatic N) is 1. The Balaban J connectivity index is 2.42. The third kappa shape index (κ3) is 2.30. The van der Waals surface area contributed by atoms with Crippen molar-refractivity contribution in [2.45, 2.75) is 37.8 Å². The number of aliphatic hydroxyl groups is 1. The summed E-state index contributed by atoms with van der Waals surface area (Å²) >= 11 is 0. The van der Waals surface area contributed by atoms with Gasteiger partial charge in [0.25, 0.3) is 0 Å². The molecule has 0 radical (unpaired) electrons. The quantitative estimate of drug-likeness (QED) is 0.906. The zero-order valence-electron chi connectivity index (χ0n) is 10.7. The minimum absolute atomic E-state index is 0.0248. The first-order valence-corrected chi connectivity index (χ1v) is 7.61. The van der Waals surface area contributed by atoms with E-state index >= 15 is 0 Å². The van der Waals surface area contributed by atoms with Crippen LogP contribution in [-0.4, -0.2) is 30.4 Å². The van der Waals surface area contributed by atoms with Crippen molar-refractivity contribution in [3.63, 3.8) is 0 Å². The first-order valence-electron chi connectivity index (χ1n) is 6.17. The molecular formula is C13H19NO3S. The van der Waals surface area contributed by atoms with E-state index in [2.05, 4.69) is 6.92 Å². The van der Waals surface area contributed by atoms with Gasteiger partial charge < -0.3 is 5.11 Å². The molecule has 0 bridgehead atoms. The van der Waals surface area contributed by atoms with Gasteiger partial charge in [0.2, 0.25) is 10.0 Å². The Kier molecular flexibility index (Phi) is 3.75. The van der Waals surface area contributed by atoms with Gasteiger partial charge in [-0.2, -0.15) is 4.31 Å². The molecule has 4 nitrogen and oxygen atoms in total. The summed E-state index contributed by atoms with van der Waals surface area (Å²) in [6.07, 6.45) is 0.889. The molecule has 2 unspecified atom stereocenters. The predicted octanol–water partition coefficient (Wildman–Crippen LogP) is 1.60. The molecule has 2 atom stereocenters. The Morgan fingerprint density at radius 1 is 1.33 bits per heavy atom. The van der Waals surface area contributed by atoms with Gasteiger partial charge in [0.1, 0.15) is 0 Å². The van der Waals surface area contributed by atoms with Crippen LogP contribution in [0.3, 0.4) is 0 Å². The van der Waals surface area contributed by atoms with Crippen molar-refractivity contribution in [2.75, 3.05) is 6.54 Å². The van der Waals surface area contributed by atoms with E-state index in [4.69, 9.17) is 0 Å². The van der Waals surface area contributed by atoms with Gasteiger partial charge in [-0.3, -0.25) is 0 Å². The number of hydrogen-bond donors (Lipinski definition) is 1. The molecular weight excluding hydrogens is 250 g/mol. The van der Waals surface area contributed by atoms with Gasteiger partial charge in [-0.1, -0.05) is 25.1 Å². The monoisotopic (exact) mass is 269 g/mol. The highest BCUT2D eigenvalue weighted by Crippen LogP contribution is 2.30. The normalized spacial score (nSPS) is 25.5. The Morgan fingerprint density at radius 3 is 2.56 bits per heavy atom. The molecule has 18 heavy (non-hydrogen) atoms. The van der Waals surface area contributed by atoms with E-state index in [9.17, 15) is 13.5 Å². The maximum Gasteiger partial charge on any atom is 0.243 e. The summed E-state index contributed by atoms with van der Waals surface area (Å²) in [5, 5.41) is 9.26. The number of sulfonamides is 1. The summed E-state index contributed by atoms with van der Waals surface area (Å²) in [6.45, 7) is 4.29. The number of aliphatic hydroxyl groups excluding tert-OH is 1. The van der Waals surface area contributed by atoms with Crippen LogP contribution in [0.25, 0.3) is 0 Å². The number of rotatable bonds is 3. The average molecular weight is 269 g/mol. The molecule has 1 aliphatic rings. The van der Waals surface area contributed by atoms with Crippen LogP contribution in [0.4, 0.5) is 0 Å². The molecule has 0 aromatic heterocycles. The fourth-order valence-electron chi connectivity index (χ4n) is 2.61. The van der Waals surface area contributed by atoms with Gasteiger partial charge in [-0.25, -0.2) is 8.42 Å². The highest BCUT2D eigenvalue weighted by molar-refractivity contribution is 7.89. The fourth-order valence-corrected chi connectivity index (χ4v) is 4.59. The smallest absolute Gasteiger partial charge is 0.243 e. The summed E-state index contributed by atoms with van der Waals surface area (Å²) in [5.41, 5.74) is 0.462. The molecule has 1 fully saturated rings. The van der Waals surface area contributed by atoms with Crippen LogP contribution in [0.2, 0.25) is 0 Å². The van der Waals surface area contributed by atoms with Crippen molar-refractivity contribution in [1.29, 1.82) is 0 Å². The summed E-state index contributed by atoms with van der Waals surface area (Å²) in [7, 11) is -3.49. The second-order valence-corrected chi connectivity index (χ2v) is 6.89. The Bertz CT molecular complexity index is 527. The first-order chi connectivity index (χ1) is 8.46. The minimum atomic E-state index is -3.49. The molecule has 0 aliphatic carbocycles. The van der Waals surface area contributed by atoms with Gasteiger partial charge in [-0.15, -0.1) is 0 Å². The van der Waals surface area contributed by atoms with E-state index in [1.54, 1.807) is 28.6 Å². The third-order valence-corrected chi connectivity index (χ3v) is 5.54. The van der Waals surface area contributed by atoms with Crippen LogP contribution in [-0.2, 0) is 16.6 Å². The van der Waals surface area contributed by atoms with Crippen molar-refractivity contribution in [2.24, 2.45) is 5.92 Å². The molecule has 1 saturated heterocycles. The fraction of sp³-hybridized carbons (Fsp3) is 0.538. The Labute approximate surface area is 108 Å². The zero-order valence-corrected chi connectivity index (χ0v) is 11.5. The number of benzene rings is 1. The second kappa shape index (κ2) is 4.99. The van der Waals surface area contributed by atoms with Crippen LogP contribution >= 0.6 is 0 Å². The minimum Gasteiger partial charge on any atom is -0.392 e. The molecule has 0 saturated carbocycles. The highest BCUT2D eigenvalue weighted by atomic mass is 32.2. The van der Waals surface area contributed by atoms with Crippen molar-refractivity contribution >= 4 is 10.0 Å². The van der Waals surface area contributed by atoms with Gasteiger partial charge >= 0.3 is 0 Å². The lowest BCUT2D eigenvalue weighted by atomic mass is 10.1. The molecule has 0 amide bonds. The second-order valence-electron chi connectivity index (χ2n) is 5.03. The van der Waals surface area contributed by atoms with Gasteiger partial charge in [0, 0.05) is 12.6 Å². The molecule has 1 aromatic rings. The topological polar surface area (TPSA) is 57.6 Å². The lowest BCUT2D eigenvalue weighted by Gasteiger charge is -2.22. The summed E-state index contributed by atoms with van der Waals surface area (Å²) in [5.74, 6) is 0.385. The SMILES string of the molecule is CC1CC(C)N(S(=O)(=O)c2ccccc2CO)C1. The Morgan fingerprint density at radius 2 is 2.00 bits per heavy atom. The maximum atomic E-state index is 12.6. The van der Waals surface area contributed by atoms with Crippen molar-refractivity contribution in [1.82, 2.24) is 4.31 Å². The van der Waals surface area contributed by atoms with Crippen molar-refractivity contribution < 1.29 is 13.5 Å². The average Bonchev–Trinajstić information content (AvgIpc) is 2.69. The van der Waals surface area contributed by atoms with Crippen molar-refractivity contribution in [3.8, 4) is 0 Å². The lowest BCUT2D eigenvalue weighted by Crippen LogP contribution is -2.34. The maximum absolute atomic E-state index is 12.6. The molecule has 2 rings (SSSR count). The molecule has 1 heterocycles. The first kappa shape index (κ1) is 13.5. The van der Waals surface area contributed by atoms with Crippen LogP contribution in [0.15, 0.2) is 29.2 Å². The molecule has 1 N–H and O–H groups in total. The van der Waals surface area contributed by atoms with E-state index < -0.39 is 10.0 Å². The molecule has 1 aliphatic heterocycles. The van der Waals surface area contributed by atoms with E-state index in [1.807, 2.05) is 6.92 Å². The van der Waals surface area contributed by atoms with Crippen LogP contribution in [0, 0.1) is 5.92 Å². The summed E-state index contributed by atoms with van der Waals surface area (Å²) < 4.78 is 26.7. The number of hydrogen-bond acceptors (Lipinski definition) is 3. The third-order valence-electron chi connectivity index (χ3n) is 3.46.